The zero-order valence-corrected chi connectivity index (χ0v) is 26.2. The van der Waals surface area contributed by atoms with Crippen LogP contribution >= 0.6 is 0 Å². The average Bonchev–Trinajstić information content (AvgIpc) is 3.64. The van der Waals surface area contributed by atoms with Gasteiger partial charge in [-0.1, -0.05) is 86.3 Å². The summed E-state index contributed by atoms with van der Waals surface area (Å²) in [5.74, 6) is 0.0357. The van der Waals surface area contributed by atoms with Crippen LogP contribution in [0.2, 0.25) is 0 Å². The van der Waals surface area contributed by atoms with Crippen LogP contribution in [0.5, 0.6) is 0 Å². The van der Waals surface area contributed by atoms with Gasteiger partial charge in [-0.3, -0.25) is 24.6 Å². The van der Waals surface area contributed by atoms with Gasteiger partial charge in [0.2, 0.25) is 5.91 Å². The monoisotopic (exact) mass is 618 g/mol. The quantitative estimate of drug-likeness (QED) is 0.242. The SMILES string of the molecule is O=C(NC1CCCCC1)[C@@H]1[C@@H]2C[C@H]3CN(Cc4ccccc4)[C@]4(CCC[C@H]24)[C@@]3(c2cccc([N+](=O)[O-])c2)N1C(=O)c1ccccc1. The summed E-state index contributed by atoms with van der Waals surface area (Å²) in [5, 5.41) is 15.7. The second-order valence-electron chi connectivity index (χ2n) is 14.3. The lowest BCUT2D eigenvalue weighted by molar-refractivity contribution is -0.385. The van der Waals surface area contributed by atoms with E-state index < -0.39 is 17.1 Å². The third kappa shape index (κ3) is 4.21. The summed E-state index contributed by atoms with van der Waals surface area (Å²) >= 11 is 0. The zero-order chi connectivity index (χ0) is 31.5. The molecular weight excluding hydrogens is 576 g/mol. The van der Waals surface area contributed by atoms with Crippen LogP contribution in [0, 0.1) is 27.9 Å². The van der Waals surface area contributed by atoms with E-state index in [1.807, 2.05) is 47.4 Å². The predicted octanol–water partition coefficient (Wildman–Crippen LogP) is 6.45. The zero-order valence-electron chi connectivity index (χ0n) is 26.2. The van der Waals surface area contributed by atoms with Gasteiger partial charge in [0.05, 0.1) is 16.0 Å². The van der Waals surface area contributed by atoms with Crippen LogP contribution in [0.1, 0.15) is 79.3 Å². The second kappa shape index (κ2) is 11.3. The van der Waals surface area contributed by atoms with Crippen molar-refractivity contribution in [2.75, 3.05) is 6.54 Å². The number of likely N-dealkylation sites (tertiary alicyclic amines) is 1. The molecule has 2 amide bonds. The normalized spacial score (nSPS) is 31.9. The Kier molecular flexibility index (Phi) is 7.24. The van der Waals surface area contributed by atoms with Crippen LogP contribution in [0.15, 0.2) is 84.9 Å². The number of nitro benzene ring substituents is 1. The fourth-order valence-corrected chi connectivity index (χ4v) is 10.9. The van der Waals surface area contributed by atoms with Crippen LogP contribution in [0.3, 0.4) is 0 Å². The number of carbonyl (C=O) groups is 2. The van der Waals surface area contributed by atoms with Crippen molar-refractivity contribution in [1.29, 1.82) is 0 Å². The molecule has 1 N–H and O–H groups in total. The first-order valence-electron chi connectivity index (χ1n) is 17.2. The number of non-ortho nitro benzene ring substituents is 1. The van der Waals surface area contributed by atoms with Gasteiger partial charge in [-0.05, 0) is 67.2 Å². The van der Waals surface area contributed by atoms with Crippen molar-refractivity contribution in [3.05, 3.63) is 112 Å². The number of rotatable bonds is 7. The van der Waals surface area contributed by atoms with E-state index in [0.29, 0.717) is 5.56 Å². The molecule has 0 aromatic heterocycles. The molecule has 3 aromatic carbocycles. The van der Waals surface area contributed by atoms with Crippen molar-refractivity contribution in [2.24, 2.45) is 17.8 Å². The Morgan fingerprint density at radius 2 is 1.63 bits per heavy atom. The summed E-state index contributed by atoms with van der Waals surface area (Å²) in [4.78, 5) is 46.4. The van der Waals surface area contributed by atoms with Gasteiger partial charge in [0.1, 0.15) is 6.04 Å². The number of nitrogens with zero attached hydrogens (tertiary/aromatic N) is 3. The Morgan fingerprint density at radius 1 is 0.891 bits per heavy atom. The molecule has 3 aliphatic carbocycles. The van der Waals surface area contributed by atoms with Gasteiger partial charge in [0.15, 0.2) is 0 Å². The van der Waals surface area contributed by atoms with Gasteiger partial charge >= 0.3 is 0 Å². The van der Waals surface area contributed by atoms with E-state index in [9.17, 15) is 14.9 Å². The van der Waals surface area contributed by atoms with Gasteiger partial charge < -0.3 is 10.2 Å². The van der Waals surface area contributed by atoms with E-state index in [1.54, 1.807) is 18.2 Å². The molecule has 3 saturated carbocycles. The summed E-state index contributed by atoms with van der Waals surface area (Å²) < 4.78 is 0. The highest BCUT2D eigenvalue weighted by Crippen LogP contribution is 2.73. The van der Waals surface area contributed by atoms with Crippen molar-refractivity contribution >= 4 is 17.5 Å². The second-order valence-corrected chi connectivity index (χ2v) is 14.3. The van der Waals surface area contributed by atoms with Gasteiger partial charge in [0, 0.05) is 42.7 Å². The van der Waals surface area contributed by atoms with E-state index in [2.05, 4.69) is 34.5 Å². The number of nitro groups is 1. The lowest BCUT2D eigenvalue weighted by atomic mass is 9.48. The summed E-state index contributed by atoms with van der Waals surface area (Å²) in [6.45, 7) is 1.52. The molecule has 6 fully saturated rings. The van der Waals surface area contributed by atoms with Crippen LogP contribution < -0.4 is 5.32 Å². The molecule has 0 radical (unpaired) electrons. The summed E-state index contributed by atoms with van der Waals surface area (Å²) in [7, 11) is 0. The van der Waals surface area contributed by atoms with Gasteiger partial charge in [-0.15, -0.1) is 0 Å². The highest BCUT2D eigenvalue weighted by molar-refractivity contribution is 5.99. The van der Waals surface area contributed by atoms with Crippen molar-refractivity contribution in [1.82, 2.24) is 15.1 Å². The maximum absolute atomic E-state index is 15.2. The molecule has 3 aliphatic heterocycles. The lowest BCUT2D eigenvalue weighted by Crippen LogP contribution is -2.80. The summed E-state index contributed by atoms with van der Waals surface area (Å²) in [5.41, 5.74) is 1.24. The standard InChI is InChI=1S/C38H42N4O4/c43-35(39-30-17-8-3-9-18-30)34-32-23-29-25-40(24-26-12-4-1-5-13-26)37(21-11-20-33(32)37)38(29,28-16-10-19-31(22-28)42(45)46)41(34)36(44)27-14-6-2-7-15-27/h1-2,4-7,10,12-16,19,22,29-30,32-34H,3,8-9,11,17-18,20-21,23-25H2,(H,39,43)/t29-,32+,33+,34-,37-,38-/m0/s1. The van der Waals surface area contributed by atoms with E-state index in [1.165, 1.54) is 12.0 Å². The maximum atomic E-state index is 15.2. The number of piperidine rings is 2. The van der Waals surface area contributed by atoms with E-state index in [-0.39, 0.29) is 46.2 Å². The molecule has 6 atom stereocenters. The Morgan fingerprint density at radius 3 is 2.37 bits per heavy atom. The highest BCUT2D eigenvalue weighted by atomic mass is 16.6. The molecule has 9 rings (SSSR count). The van der Waals surface area contributed by atoms with E-state index in [4.69, 9.17) is 0 Å². The molecule has 238 valence electrons. The largest absolute Gasteiger partial charge is 0.352 e. The molecule has 0 unspecified atom stereocenters. The Balaban J connectivity index is 1.35. The Hall–Kier alpha value is -4.04. The summed E-state index contributed by atoms with van der Waals surface area (Å²) in [6, 6.07) is 26.3. The fraction of sp³-hybridized carbons (Fsp3) is 0.474. The number of carbonyl (C=O) groups excluding carboxylic acids is 2. The predicted molar refractivity (Wildman–Crippen MR) is 175 cm³/mol. The molecule has 1 spiro atoms. The number of hydrogen-bond donors (Lipinski definition) is 1. The molecule has 3 heterocycles. The third-order valence-corrected chi connectivity index (χ3v) is 12.3. The molecule has 8 nitrogen and oxygen atoms in total. The number of nitrogens with one attached hydrogen (secondary N) is 1. The van der Waals surface area contributed by atoms with Crippen LogP contribution in [-0.4, -0.2) is 50.7 Å². The van der Waals surface area contributed by atoms with Crippen LogP contribution in [0.4, 0.5) is 5.69 Å². The van der Waals surface area contributed by atoms with E-state index >= 15 is 4.79 Å². The van der Waals surface area contributed by atoms with Crippen LogP contribution in [-0.2, 0) is 16.9 Å². The third-order valence-electron chi connectivity index (χ3n) is 12.3. The topological polar surface area (TPSA) is 95.8 Å². The first-order valence-corrected chi connectivity index (χ1v) is 17.2. The van der Waals surface area contributed by atoms with Crippen molar-refractivity contribution in [2.45, 2.75) is 87.5 Å². The minimum Gasteiger partial charge on any atom is -0.352 e. The molecule has 4 bridgehead atoms. The Bertz CT molecular complexity index is 1640. The van der Waals surface area contributed by atoms with Gasteiger partial charge in [-0.25, -0.2) is 0 Å². The summed E-state index contributed by atoms with van der Waals surface area (Å²) in [6.07, 6.45) is 9.02. The average molecular weight is 619 g/mol. The molecule has 3 aromatic rings. The first-order chi connectivity index (χ1) is 22.4. The minimum atomic E-state index is -0.898. The number of benzene rings is 3. The molecule has 46 heavy (non-hydrogen) atoms. The fourth-order valence-electron chi connectivity index (χ4n) is 10.9. The van der Waals surface area contributed by atoms with Crippen molar-refractivity contribution in [3.8, 4) is 0 Å². The van der Waals surface area contributed by atoms with Crippen molar-refractivity contribution < 1.29 is 14.5 Å². The highest BCUT2D eigenvalue weighted by Gasteiger charge is 2.80. The first kappa shape index (κ1) is 29.4. The molecular formula is C38H42N4O4. The molecule has 8 heteroatoms. The van der Waals surface area contributed by atoms with Crippen LogP contribution in [0.25, 0.3) is 0 Å². The maximum Gasteiger partial charge on any atom is 0.269 e. The van der Waals surface area contributed by atoms with Crippen molar-refractivity contribution in [3.63, 3.8) is 0 Å². The number of fused-ring (bicyclic) bond motifs is 1. The molecule has 6 aliphatic rings. The lowest BCUT2D eigenvalue weighted by Gasteiger charge is -2.69. The van der Waals surface area contributed by atoms with E-state index in [0.717, 1.165) is 70.0 Å². The van der Waals surface area contributed by atoms with Gasteiger partial charge in [-0.2, -0.15) is 0 Å². The number of amides is 2. The minimum absolute atomic E-state index is 0.0186. The molecule has 3 saturated heterocycles. The van der Waals surface area contributed by atoms with Gasteiger partial charge in [0.25, 0.3) is 11.6 Å². The Labute approximate surface area is 270 Å². The smallest absolute Gasteiger partial charge is 0.269 e. The number of hydrogen-bond acceptors (Lipinski definition) is 5.